The van der Waals surface area contributed by atoms with Crippen molar-refractivity contribution < 1.29 is 19.8 Å². The number of aliphatic carboxylic acids is 1. The van der Waals surface area contributed by atoms with E-state index >= 15 is 0 Å². The summed E-state index contributed by atoms with van der Waals surface area (Å²) in [5.41, 5.74) is -1.38. The maximum Gasteiger partial charge on any atom is 0.306 e. The Hall–Kier alpha value is -1.10. The van der Waals surface area contributed by atoms with Crippen LogP contribution in [0.15, 0.2) is 0 Å². The second-order valence-corrected chi connectivity index (χ2v) is 4.60. The molecule has 0 bridgehead atoms. The minimum absolute atomic E-state index is 0.0125. The number of hydrogen-bond acceptors (Lipinski definition) is 3. The predicted molar refractivity (Wildman–Crippen MR) is 53.2 cm³/mol. The summed E-state index contributed by atoms with van der Waals surface area (Å²) in [4.78, 5) is 21.8. The first-order valence-electron chi connectivity index (χ1n) is 5.04. The molecule has 1 aliphatic carbocycles. The third-order valence-corrected chi connectivity index (χ3v) is 2.62. The van der Waals surface area contributed by atoms with Gasteiger partial charge in [-0.1, -0.05) is 6.92 Å². The number of carbonyl (C=O) groups excluding carboxylic acids is 1. The van der Waals surface area contributed by atoms with Gasteiger partial charge in [0.05, 0.1) is 12.0 Å². The number of carbonyl (C=O) groups is 2. The first kappa shape index (κ1) is 12.0. The lowest BCUT2D eigenvalue weighted by Gasteiger charge is -2.21. The molecule has 3 atom stereocenters. The third-order valence-electron chi connectivity index (χ3n) is 2.62. The van der Waals surface area contributed by atoms with Gasteiger partial charge < -0.3 is 15.5 Å². The lowest BCUT2D eigenvalue weighted by molar-refractivity contribution is -0.142. The molecule has 1 fully saturated rings. The molecule has 1 amide bonds. The first-order chi connectivity index (χ1) is 6.82. The van der Waals surface area contributed by atoms with E-state index in [1.165, 1.54) is 6.92 Å². The Labute approximate surface area is 88.5 Å². The van der Waals surface area contributed by atoms with E-state index in [0.29, 0.717) is 5.92 Å². The number of hydrogen-bond donors (Lipinski definition) is 3. The summed E-state index contributed by atoms with van der Waals surface area (Å²) in [6, 6.07) is 0. The smallest absolute Gasteiger partial charge is 0.306 e. The molecule has 5 heteroatoms. The van der Waals surface area contributed by atoms with Crippen molar-refractivity contribution in [1.29, 1.82) is 0 Å². The molecule has 1 rings (SSSR count). The van der Waals surface area contributed by atoms with Crippen molar-refractivity contribution in [2.24, 2.45) is 11.8 Å². The van der Waals surface area contributed by atoms with Crippen molar-refractivity contribution in [1.82, 2.24) is 5.32 Å². The van der Waals surface area contributed by atoms with Gasteiger partial charge in [-0.3, -0.25) is 9.59 Å². The monoisotopic (exact) mass is 215 g/mol. The minimum atomic E-state index is -1.38. The molecule has 0 saturated heterocycles. The molecule has 0 aromatic heterocycles. The first-order valence-corrected chi connectivity index (χ1v) is 5.04. The molecule has 0 heterocycles. The lowest BCUT2D eigenvalue weighted by atomic mass is 10.0. The molecule has 86 valence electrons. The molecule has 0 radical (unpaired) electrons. The largest absolute Gasteiger partial charge is 0.481 e. The number of carboxylic acids is 1. The van der Waals surface area contributed by atoms with Crippen LogP contribution in [0.5, 0.6) is 0 Å². The van der Waals surface area contributed by atoms with Crippen LogP contribution >= 0.6 is 0 Å². The third kappa shape index (κ3) is 3.87. The fraction of sp³-hybridized carbons (Fsp3) is 0.800. The summed E-state index contributed by atoms with van der Waals surface area (Å²) in [5, 5.41) is 20.7. The summed E-state index contributed by atoms with van der Waals surface area (Å²) >= 11 is 0. The minimum Gasteiger partial charge on any atom is -0.481 e. The second-order valence-electron chi connectivity index (χ2n) is 4.60. The van der Waals surface area contributed by atoms with E-state index in [1.807, 2.05) is 6.92 Å². The van der Waals surface area contributed by atoms with Gasteiger partial charge in [0.1, 0.15) is 0 Å². The standard InChI is InChI=1S/C10H17NO4/c1-6-3-7(6)9(14)11-5-10(2,15)4-8(12)13/h6-7,15H,3-5H2,1-2H3,(H,11,14)(H,12,13). The van der Waals surface area contributed by atoms with E-state index in [0.717, 1.165) is 6.42 Å². The second kappa shape index (κ2) is 4.18. The van der Waals surface area contributed by atoms with Crippen molar-refractivity contribution in [3.05, 3.63) is 0 Å². The van der Waals surface area contributed by atoms with Crippen LogP contribution in [0.1, 0.15) is 26.7 Å². The summed E-state index contributed by atoms with van der Waals surface area (Å²) in [6.07, 6.45) is 0.514. The van der Waals surface area contributed by atoms with E-state index in [2.05, 4.69) is 5.32 Å². The summed E-state index contributed by atoms with van der Waals surface area (Å²) in [5.74, 6) is -0.706. The van der Waals surface area contributed by atoms with E-state index in [9.17, 15) is 14.7 Å². The zero-order valence-electron chi connectivity index (χ0n) is 8.99. The average molecular weight is 215 g/mol. The molecule has 0 aromatic carbocycles. The van der Waals surface area contributed by atoms with Gasteiger partial charge >= 0.3 is 5.97 Å². The number of rotatable bonds is 5. The van der Waals surface area contributed by atoms with Gasteiger partial charge in [-0.15, -0.1) is 0 Å². The quantitative estimate of drug-likeness (QED) is 0.601. The van der Waals surface area contributed by atoms with Crippen LogP contribution in [0, 0.1) is 11.8 Å². The molecule has 0 aromatic rings. The fourth-order valence-corrected chi connectivity index (χ4v) is 1.48. The van der Waals surface area contributed by atoms with Gasteiger partial charge in [0.25, 0.3) is 0 Å². The highest BCUT2D eigenvalue weighted by molar-refractivity contribution is 5.81. The molecule has 1 saturated carbocycles. The van der Waals surface area contributed by atoms with E-state index in [1.54, 1.807) is 0 Å². The summed E-state index contributed by atoms with van der Waals surface area (Å²) in [6.45, 7) is 3.37. The SMILES string of the molecule is CC1CC1C(=O)NCC(C)(O)CC(=O)O. The lowest BCUT2D eigenvalue weighted by Crippen LogP contribution is -2.42. The van der Waals surface area contributed by atoms with E-state index in [-0.39, 0.29) is 24.8 Å². The van der Waals surface area contributed by atoms with Crippen LogP contribution < -0.4 is 5.32 Å². The zero-order chi connectivity index (χ0) is 11.6. The summed E-state index contributed by atoms with van der Waals surface area (Å²) in [7, 11) is 0. The van der Waals surface area contributed by atoms with Crippen molar-refractivity contribution in [2.75, 3.05) is 6.54 Å². The van der Waals surface area contributed by atoms with Gasteiger partial charge in [-0.25, -0.2) is 0 Å². The maximum atomic E-state index is 11.4. The molecule has 5 nitrogen and oxygen atoms in total. The van der Waals surface area contributed by atoms with Crippen LogP contribution in [0.2, 0.25) is 0 Å². The Kier molecular flexibility index (Phi) is 3.34. The maximum absolute atomic E-state index is 11.4. The van der Waals surface area contributed by atoms with Gasteiger partial charge in [-0.2, -0.15) is 0 Å². The molecule has 15 heavy (non-hydrogen) atoms. The Morgan fingerprint density at radius 1 is 1.53 bits per heavy atom. The molecular formula is C10H17NO4. The molecule has 3 N–H and O–H groups in total. The van der Waals surface area contributed by atoms with Gasteiger partial charge in [0.15, 0.2) is 0 Å². The highest BCUT2D eigenvalue weighted by Gasteiger charge is 2.39. The topological polar surface area (TPSA) is 86.6 Å². The Balaban J connectivity index is 2.29. The number of carboxylic acid groups (broad SMARTS) is 1. The van der Waals surface area contributed by atoms with Crippen molar-refractivity contribution in [3.8, 4) is 0 Å². The molecule has 1 aliphatic rings. The molecule has 0 aliphatic heterocycles. The van der Waals surface area contributed by atoms with Crippen molar-refractivity contribution >= 4 is 11.9 Å². The van der Waals surface area contributed by atoms with Crippen LogP contribution in [-0.2, 0) is 9.59 Å². The number of nitrogens with one attached hydrogen (secondary N) is 1. The van der Waals surface area contributed by atoms with Crippen LogP contribution in [0.25, 0.3) is 0 Å². The molecule has 0 spiro atoms. The van der Waals surface area contributed by atoms with Crippen LogP contribution in [-0.4, -0.2) is 34.2 Å². The van der Waals surface area contributed by atoms with Gasteiger partial charge in [-0.05, 0) is 19.3 Å². The Morgan fingerprint density at radius 2 is 2.07 bits per heavy atom. The van der Waals surface area contributed by atoms with Crippen molar-refractivity contribution in [2.45, 2.75) is 32.3 Å². The molecule has 3 unspecified atom stereocenters. The van der Waals surface area contributed by atoms with Crippen LogP contribution in [0.4, 0.5) is 0 Å². The zero-order valence-corrected chi connectivity index (χ0v) is 8.99. The highest BCUT2D eigenvalue weighted by atomic mass is 16.4. The van der Waals surface area contributed by atoms with Crippen molar-refractivity contribution in [3.63, 3.8) is 0 Å². The van der Waals surface area contributed by atoms with Crippen LogP contribution in [0.3, 0.4) is 0 Å². The highest BCUT2D eigenvalue weighted by Crippen LogP contribution is 2.37. The Morgan fingerprint density at radius 3 is 2.47 bits per heavy atom. The summed E-state index contributed by atoms with van der Waals surface area (Å²) < 4.78 is 0. The van der Waals surface area contributed by atoms with Gasteiger partial charge in [0.2, 0.25) is 5.91 Å². The van der Waals surface area contributed by atoms with Gasteiger partial charge in [0, 0.05) is 12.5 Å². The van der Waals surface area contributed by atoms with E-state index in [4.69, 9.17) is 5.11 Å². The molecular weight excluding hydrogens is 198 g/mol. The fourth-order valence-electron chi connectivity index (χ4n) is 1.48. The van der Waals surface area contributed by atoms with E-state index < -0.39 is 11.6 Å². The number of amides is 1. The Bertz CT molecular complexity index is 275. The number of aliphatic hydroxyl groups is 1. The predicted octanol–water partition coefficient (Wildman–Crippen LogP) is -0.0157. The normalized spacial score (nSPS) is 27.9. The average Bonchev–Trinajstić information content (AvgIpc) is 2.76.